The molecule has 32 heavy (non-hydrogen) atoms. The molecule has 1 aliphatic heterocycles. The molecule has 2 aromatic rings. The summed E-state index contributed by atoms with van der Waals surface area (Å²) in [6, 6.07) is 13.1. The maximum Gasteiger partial charge on any atom is 0.269 e. The number of ether oxygens (including phenoxy) is 3. The number of nitrogens with zero attached hydrogens (tertiary/aromatic N) is 3. The van der Waals surface area contributed by atoms with Gasteiger partial charge in [0.05, 0.1) is 36.4 Å². The van der Waals surface area contributed by atoms with E-state index in [-0.39, 0.29) is 18.2 Å². The van der Waals surface area contributed by atoms with Gasteiger partial charge in [-0.15, -0.1) is 0 Å². The SMILES string of the molecule is CCOc1cc(C=C(C#N)c2ccc([N+](=O)[O-])cc2)ccc1OCC(=O)N1CCOCC1. The highest BCUT2D eigenvalue weighted by atomic mass is 16.6. The molecule has 0 aliphatic carbocycles. The molecule has 0 aromatic heterocycles. The van der Waals surface area contributed by atoms with Crippen LogP contribution >= 0.6 is 0 Å². The van der Waals surface area contributed by atoms with Gasteiger partial charge in [0.15, 0.2) is 18.1 Å². The number of benzene rings is 2. The summed E-state index contributed by atoms with van der Waals surface area (Å²) < 4.78 is 16.6. The first kappa shape index (κ1) is 22.8. The highest BCUT2D eigenvalue weighted by molar-refractivity contribution is 5.90. The van der Waals surface area contributed by atoms with Crippen molar-refractivity contribution in [2.24, 2.45) is 0 Å². The van der Waals surface area contributed by atoms with E-state index in [9.17, 15) is 20.2 Å². The second-order valence-corrected chi connectivity index (χ2v) is 6.89. The predicted molar refractivity (Wildman–Crippen MR) is 117 cm³/mol. The van der Waals surface area contributed by atoms with Crippen molar-refractivity contribution in [2.45, 2.75) is 6.92 Å². The van der Waals surface area contributed by atoms with E-state index in [1.807, 2.05) is 6.92 Å². The van der Waals surface area contributed by atoms with Crippen molar-refractivity contribution in [3.05, 3.63) is 63.7 Å². The number of nitro benzene ring substituents is 1. The summed E-state index contributed by atoms with van der Waals surface area (Å²) in [4.78, 5) is 24.4. The minimum atomic E-state index is -0.490. The van der Waals surface area contributed by atoms with E-state index in [0.29, 0.717) is 61.1 Å². The largest absolute Gasteiger partial charge is 0.490 e. The molecule has 3 rings (SSSR count). The Hall–Kier alpha value is -3.90. The van der Waals surface area contributed by atoms with Crippen molar-refractivity contribution in [2.75, 3.05) is 39.5 Å². The molecular formula is C23H23N3O6. The molecule has 0 bridgehead atoms. The molecule has 0 radical (unpaired) electrons. The number of carbonyl (C=O) groups excluding carboxylic acids is 1. The topological polar surface area (TPSA) is 115 Å². The first-order valence-electron chi connectivity index (χ1n) is 10.1. The lowest BCUT2D eigenvalue weighted by Gasteiger charge is -2.26. The van der Waals surface area contributed by atoms with E-state index in [2.05, 4.69) is 6.07 Å². The second kappa shape index (κ2) is 10.9. The van der Waals surface area contributed by atoms with Crippen molar-refractivity contribution in [1.29, 1.82) is 5.26 Å². The normalized spacial score (nSPS) is 13.9. The fourth-order valence-corrected chi connectivity index (χ4v) is 3.16. The number of allylic oxidation sites excluding steroid dienone is 1. The Morgan fingerprint density at radius 3 is 2.53 bits per heavy atom. The molecule has 0 unspecified atom stereocenters. The van der Waals surface area contributed by atoms with Crippen LogP contribution in [0, 0.1) is 21.4 Å². The fraction of sp³-hybridized carbons (Fsp3) is 0.304. The molecule has 0 spiro atoms. The Labute approximate surface area is 185 Å². The van der Waals surface area contributed by atoms with Crippen LogP contribution in [0.25, 0.3) is 11.6 Å². The lowest BCUT2D eigenvalue weighted by Crippen LogP contribution is -2.43. The molecule has 0 N–H and O–H groups in total. The van der Waals surface area contributed by atoms with Gasteiger partial charge in [0.2, 0.25) is 0 Å². The number of nitro groups is 1. The first-order chi connectivity index (χ1) is 15.5. The van der Waals surface area contributed by atoms with E-state index in [0.717, 1.165) is 0 Å². The fourth-order valence-electron chi connectivity index (χ4n) is 3.16. The number of carbonyl (C=O) groups is 1. The Morgan fingerprint density at radius 1 is 1.19 bits per heavy atom. The lowest BCUT2D eigenvalue weighted by molar-refractivity contribution is -0.384. The van der Waals surface area contributed by atoms with E-state index in [1.165, 1.54) is 24.3 Å². The van der Waals surface area contributed by atoms with Gasteiger partial charge in [-0.1, -0.05) is 6.07 Å². The predicted octanol–water partition coefficient (Wildman–Crippen LogP) is 3.30. The van der Waals surface area contributed by atoms with Crippen LogP contribution in [-0.4, -0.2) is 55.2 Å². The minimum absolute atomic E-state index is 0.0437. The van der Waals surface area contributed by atoms with E-state index >= 15 is 0 Å². The van der Waals surface area contributed by atoms with Crippen LogP contribution in [0.4, 0.5) is 5.69 Å². The molecule has 9 heteroatoms. The lowest BCUT2D eigenvalue weighted by atomic mass is 10.0. The summed E-state index contributed by atoms with van der Waals surface area (Å²) in [5.41, 5.74) is 1.55. The summed E-state index contributed by atoms with van der Waals surface area (Å²) in [6.07, 6.45) is 1.66. The van der Waals surface area contributed by atoms with Gasteiger partial charge < -0.3 is 19.1 Å². The molecule has 9 nitrogen and oxygen atoms in total. The molecule has 1 heterocycles. The Kier molecular flexibility index (Phi) is 7.78. The minimum Gasteiger partial charge on any atom is -0.490 e. The van der Waals surface area contributed by atoms with Crippen molar-refractivity contribution in [3.8, 4) is 17.6 Å². The van der Waals surface area contributed by atoms with Gasteiger partial charge in [0.1, 0.15) is 0 Å². The van der Waals surface area contributed by atoms with Gasteiger partial charge in [0, 0.05) is 25.2 Å². The third-order valence-electron chi connectivity index (χ3n) is 4.80. The number of hydrogen-bond donors (Lipinski definition) is 0. The van der Waals surface area contributed by atoms with Crippen LogP contribution in [0.1, 0.15) is 18.1 Å². The number of hydrogen-bond acceptors (Lipinski definition) is 7. The molecule has 166 valence electrons. The van der Waals surface area contributed by atoms with Crippen LogP contribution in [0.5, 0.6) is 11.5 Å². The third kappa shape index (κ3) is 5.83. The molecular weight excluding hydrogens is 414 g/mol. The first-order valence-corrected chi connectivity index (χ1v) is 10.1. The number of amides is 1. The maximum absolute atomic E-state index is 12.3. The van der Waals surface area contributed by atoms with Crippen LogP contribution in [-0.2, 0) is 9.53 Å². The second-order valence-electron chi connectivity index (χ2n) is 6.89. The molecule has 2 aromatic carbocycles. The van der Waals surface area contributed by atoms with Crippen molar-refractivity contribution < 1.29 is 23.9 Å². The summed E-state index contributed by atoms with van der Waals surface area (Å²) >= 11 is 0. The number of morpholine rings is 1. The third-order valence-corrected chi connectivity index (χ3v) is 4.80. The van der Waals surface area contributed by atoms with Gasteiger partial charge in [-0.25, -0.2) is 0 Å². The zero-order chi connectivity index (χ0) is 22.9. The molecule has 0 atom stereocenters. The van der Waals surface area contributed by atoms with Gasteiger partial charge in [-0.3, -0.25) is 14.9 Å². The van der Waals surface area contributed by atoms with E-state index in [4.69, 9.17) is 14.2 Å². The Balaban J connectivity index is 1.77. The average Bonchev–Trinajstić information content (AvgIpc) is 2.82. The van der Waals surface area contributed by atoms with Crippen LogP contribution < -0.4 is 9.47 Å². The highest BCUT2D eigenvalue weighted by Crippen LogP contribution is 2.30. The monoisotopic (exact) mass is 437 g/mol. The van der Waals surface area contributed by atoms with Gasteiger partial charge >= 0.3 is 0 Å². The highest BCUT2D eigenvalue weighted by Gasteiger charge is 2.18. The van der Waals surface area contributed by atoms with Crippen LogP contribution in [0.15, 0.2) is 42.5 Å². The van der Waals surface area contributed by atoms with Crippen molar-refractivity contribution in [3.63, 3.8) is 0 Å². The molecule has 1 fully saturated rings. The summed E-state index contributed by atoms with van der Waals surface area (Å²) in [5.74, 6) is 0.765. The number of rotatable bonds is 8. The summed E-state index contributed by atoms with van der Waals surface area (Å²) in [6.45, 7) is 4.26. The number of nitriles is 1. The Morgan fingerprint density at radius 2 is 1.91 bits per heavy atom. The standard InChI is InChI=1S/C23H23N3O6/c1-2-31-22-14-17(13-19(15-24)18-4-6-20(7-5-18)26(28)29)3-8-21(22)32-16-23(27)25-9-11-30-12-10-25/h3-8,13-14H,2,9-12,16H2,1H3. The average molecular weight is 437 g/mol. The summed E-state index contributed by atoms with van der Waals surface area (Å²) in [7, 11) is 0. The summed E-state index contributed by atoms with van der Waals surface area (Å²) in [5, 5.41) is 20.4. The molecule has 1 amide bonds. The number of non-ortho nitro benzene ring substituents is 1. The maximum atomic E-state index is 12.3. The van der Waals surface area contributed by atoms with E-state index < -0.39 is 4.92 Å². The zero-order valence-electron chi connectivity index (χ0n) is 17.7. The smallest absolute Gasteiger partial charge is 0.269 e. The van der Waals surface area contributed by atoms with Crippen molar-refractivity contribution in [1.82, 2.24) is 4.90 Å². The molecule has 1 aliphatic rings. The van der Waals surface area contributed by atoms with Crippen LogP contribution in [0.3, 0.4) is 0 Å². The molecule has 1 saturated heterocycles. The van der Waals surface area contributed by atoms with Gasteiger partial charge in [0.25, 0.3) is 11.6 Å². The Bertz CT molecular complexity index is 1040. The van der Waals surface area contributed by atoms with Crippen molar-refractivity contribution >= 4 is 23.2 Å². The van der Waals surface area contributed by atoms with Gasteiger partial charge in [-0.2, -0.15) is 5.26 Å². The molecule has 0 saturated carbocycles. The van der Waals surface area contributed by atoms with Crippen LogP contribution in [0.2, 0.25) is 0 Å². The quantitative estimate of drug-likeness (QED) is 0.269. The zero-order valence-corrected chi connectivity index (χ0v) is 17.7. The van der Waals surface area contributed by atoms with Gasteiger partial charge in [-0.05, 0) is 48.4 Å². The van der Waals surface area contributed by atoms with E-state index in [1.54, 1.807) is 29.2 Å².